The quantitative estimate of drug-likeness (QED) is 0.824. The number of piperidine rings is 1. The third kappa shape index (κ3) is 3.34. The topological polar surface area (TPSA) is 26.8 Å². The van der Waals surface area contributed by atoms with Crippen molar-refractivity contribution in [2.45, 2.75) is 32.4 Å². The van der Waals surface area contributed by atoms with E-state index >= 15 is 0 Å². The molecule has 136 valence electrons. The van der Waals surface area contributed by atoms with Crippen LogP contribution in [0.3, 0.4) is 0 Å². The normalized spacial score (nSPS) is 29.9. The predicted octanol–water partition coefficient (Wildman–Crippen LogP) is 2.61. The van der Waals surface area contributed by atoms with Crippen molar-refractivity contribution >= 4 is 5.91 Å². The summed E-state index contributed by atoms with van der Waals surface area (Å²) >= 11 is 0. The Balaban J connectivity index is 1.28. The molecule has 0 bridgehead atoms. The molecule has 25 heavy (non-hydrogen) atoms. The van der Waals surface area contributed by atoms with Gasteiger partial charge in [0.15, 0.2) is 0 Å². The van der Waals surface area contributed by atoms with Gasteiger partial charge in [-0.05, 0) is 56.8 Å². The Morgan fingerprint density at radius 2 is 1.72 bits per heavy atom. The number of hydrogen-bond donors (Lipinski definition) is 0. The molecular weight excluding hydrogens is 310 g/mol. The van der Waals surface area contributed by atoms with E-state index < -0.39 is 0 Å². The molecule has 1 saturated carbocycles. The van der Waals surface area contributed by atoms with Crippen molar-refractivity contribution in [2.24, 2.45) is 17.8 Å². The first kappa shape index (κ1) is 17.0. The van der Waals surface area contributed by atoms with Crippen LogP contribution in [0.2, 0.25) is 0 Å². The Labute approximate surface area is 151 Å². The van der Waals surface area contributed by atoms with Crippen molar-refractivity contribution in [3.63, 3.8) is 0 Å². The molecule has 1 aromatic rings. The van der Waals surface area contributed by atoms with Crippen molar-refractivity contribution in [1.82, 2.24) is 14.7 Å². The van der Waals surface area contributed by atoms with Gasteiger partial charge in [-0.1, -0.05) is 24.3 Å². The summed E-state index contributed by atoms with van der Waals surface area (Å²) in [5.74, 6) is 2.05. The van der Waals surface area contributed by atoms with Crippen LogP contribution in [0.15, 0.2) is 24.3 Å². The molecule has 0 radical (unpaired) electrons. The number of carbonyl (C=O) groups is 1. The summed E-state index contributed by atoms with van der Waals surface area (Å²) in [5.41, 5.74) is 2.76. The van der Waals surface area contributed by atoms with Gasteiger partial charge in [-0.3, -0.25) is 9.69 Å². The van der Waals surface area contributed by atoms with Gasteiger partial charge in [0.2, 0.25) is 5.91 Å². The maximum Gasteiger partial charge on any atom is 0.226 e. The summed E-state index contributed by atoms with van der Waals surface area (Å²) in [5, 5.41) is 0. The highest BCUT2D eigenvalue weighted by Crippen LogP contribution is 2.53. The Hall–Kier alpha value is -1.39. The van der Waals surface area contributed by atoms with E-state index in [1.165, 1.54) is 24.0 Å². The van der Waals surface area contributed by atoms with E-state index in [1.54, 1.807) is 0 Å². The number of amides is 1. The number of nitrogens with zero attached hydrogens (tertiary/aromatic N) is 3. The van der Waals surface area contributed by atoms with Gasteiger partial charge in [0.05, 0.1) is 0 Å². The van der Waals surface area contributed by atoms with E-state index in [0.29, 0.717) is 29.7 Å². The van der Waals surface area contributed by atoms with Crippen LogP contribution in [-0.2, 0) is 11.3 Å². The third-order valence-corrected chi connectivity index (χ3v) is 6.62. The van der Waals surface area contributed by atoms with Crippen molar-refractivity contribution < 1.29 is 4.79 Å². The molecule has 4 atom stereocenters. The number of fused-ring (bicyclic) bond motifs is 1. The van der Waals surface area contributed by atoms with Gasteiger partial charge in [-0.2, -0.15) is 0 Å². The predicted molar refractivity (Wildman–Crippen MR) is 100 cm³/mol. The zero-order chi connectivity index (χ0) is 17.6. The van der Waals surface area contributed by atoms with Gasteiger partial charge >= 0.3 is 0 Å². The molecule has 1 unspecified atom stereocenters. The molecule has 2 heterocycles. The minimum atomic E-state index is 0.345. The van der Waals surface area contributed by atoms with Gasteiger partial charge in [-0.15, -0.1) is 0 Å². The van der Waals surface area contributed by atoms with E-state index in [0.717, 1.165) is 32.7 Å². The van der Waals surface area contributed by atoms with Crippen molar-refractivity contribution in [3.05, 3.63) is 35.4 Å². The smallest absolute Gasteiger partial charge is 0.226 e. The molecule has 3 fully saturated rings. The summed E-state index contributed by atoms with van der Waals surface area (Å²) in [6.07, 6.45) is 2.39. The third-order valence-electron chi connectivity index (χ3n) is 6.62. The summed E-state index contributed by atoms with van der Waals surface area (Å²) in [6, 6.07) is 9.51. The molecule has 1 aliphatic carbocycles. The number of benzene rings is 1. The molecule has 1 aromatic carbocycles. The molecule has 2 saturated heterocycles. The van der Waals surface area contributed by atoms with E-state index in [9.17, 15) is 4.79 Å². The average molecular weight is 341 g/mol. The second kappa shape index (κ2) is 6.73. The summed E-state index contributed by atoms with van der Waals surface area (Å²) in [4.78, 5) is 19.4. The molecule has 3 aliphatic rings. The summed E-state index contributed by atoms with van der Waals surface area (Å²) in [6.45, 7) is 7.46. The van der Waals surface area contributed by atoms with Crippen LogP contribution in [0, 0.1) is 17.8 Å². The highest BCUT2D eigenvalue weighted by atomic mass is 16.2. The zero-order valence-corrected chi connectivity index (χ0v) is 15.8. The minimum Gasteiger partial charge on any atom is -0.342 e. The van der Waals surface area contributed by atoms with Crippen LogP contribution < -0.4 is 0 Å². The highest BCUT2D eigenvalue weighted by Gasteiger charge is 2.60. The number of rotatable bonds is 5. The largest absolute Gasteiger partial charge is 0.342 e. The minimum absolute atomic E-state index is 0.345. The van der Waals surface area contributed by atoms with Crippen LogP contribution in [0.5, 0.6) is 0 Å². The van der Waals surface area contributed by atoms with Crippen molar-refractivity contribution in [2.75, 3.05) is 40.3 Å². The Morgan fingerprint density at radius 1 is 1.12 bits per heavy atom. The molecule has 4 nitrogen and oxygen atoms in total. The van der Waals surface area contributed by atoms with Crippen LogP contribution in [0.1, 0.15) is 36.9 Å². The monoisotopic (exact) mass is 341 g/mol. The number of likely N-dealkylation sites (tertiary alicyclic amines) is 2. The second-order valence-corrected chi connectivity index (χ2v) is 8.46. The van der Waals surface area contributed by atoms with Gasteiger partial charge in [0.1, 0.15) is 0 Å². The Morgan fingerprint density at radius 3 is 2.28 bits per heavy atom. The first-order valence-electron chi connectivity index (χ1n) is 9.81. The van der Waals surface area contributed by atoms with E-state index in [-0.39, 0.29) is 0 Å². The van der Waals surface area contributed by atoms with Crippen LogP contribution in [0.25, 0.3) is 0 Å². The van der Waals surface area contributed by atoms with Crippen LogP contribution in [-0.4, -0.2) is 60.9 Å². The Bertz CT molecular complexity index is 609. The van der Waals surface area contributed by atoms with Gasteiger partial charge < -0.3 is 9.80 Å². The maximum absolute atomic E-state index is 12.5. The van der Waals surface area contributed by atoms with E-state index in [1.807, 2.05) is 0 Å². The standard InChI is InChI=1S/C21H31N3O/c1-15(22(2)3)17-8-6-16(7-9-17)12-23-13-18-19(14-23)20(18)21(25)24-10-4-5-11-24/h6-9,15,18-20H,4-5,10-14H2,1-3H3/t15-,18-,19+,20?/m0/s1. The van der Waals surface area contributed by atoms with Crippen LogP contribution >= 0.6 is 0 Å². The van der Waals surface area contributed by atoms with Crippen LogP contribution in [0.4, 0.5) is 0 Å². The molecule has 0 spiro atoms. The Kier molecular flexibility index (Phi) is 4.59. The molecule has 0 aromatic heterocycles. The molecular formula is C21H31N3O. The molecule has 2 aliphatic heterocycles. The van der Waals surface area contributed by atoms with Gasteiger partial charge in [0, 0.05) is 44.7 Å². The van der Waals surface area contributed by atoms with E-state index in [4.69, 9.17) is 0 Å². The zero-order valence-electron chi connectivity index (χ0n) is 15.8. The maximum atomic E-state index is 12.5. The lowest BCUT2D eigenvalue weighted by atomic mass is 10.1. The van der Waals surface area contributed by atoms with Gasteiger partial charge in [-0.25, -0.2) is 0 Å². The lowest BCUT2D eigenvalue weighted by molar-refractivity contribution is -0.132. The van der Waals surface area contributed by atoms with Gasteiger partial charge in [0.25, 0.3) is 0 Å². The first-order chi connectivity index (χ1) is 12.0. The lowest BCUT2D eigenvalue weighted by Crippen LogP contribution is -2.33. The molecule has 4 heteroatoms. The summed E-state index contributed by atoms with van der Waals surface area (Å²) in [7, 11) is 4.24. The summed E-state index contributed by atoms with van der Waals surface area (Å²) < 4.78 is 0. The van der Waals surface area contributed by atoms with Crippen molar-refractivity contribution in [3.8, 4) is 0 Å². The highest BCUT2D eigenvalue weighted by molar-refractivity contribution is 5.83. The number of carbonyl (C=O) groups excluding carboxylic acids is 1. The fourth-order valence-electron chi connectivity index (χ4n) is 4.72. The molecule has 0 N–H and O–H groups in total. The fourth-order valence-corrected chi connectivity index (χ4v) is 4.72. The molecule has 4 rings (SSSR count). The average Bonchev–Trinajstić information content (AvgIpc) is 3.01. The van der Waals surface area contributed by atoms with E-state index in [2.05, 4.69) is 60.0 Å². The molecule has 1 amide bonds. The SMILES string of the molecule is C[C@@H](c1ccc(CN2C[C@@H]3C(C(=O)N4CCCC4)[C@@H]3C2)cc1)N(C)C. The second-order valence-electron chi connectivity index (χ2n) is 8.46. The first-order valence-corrected chi connectivity index (χ1v) is 9.81. The van der Waals surface area contributed by atoms with Crippen molar-refractivity contribution in [1.29, 1.82) is 0 Å². The fraction of sp³-hybridized carbons (Fsp3) is 0.667. The lowest BCUT2D eigenvalue weighted by Gasteiger charge is -2.23. The number of hydrogen-bond acceptors (Lipinski definition) is 3.